The molecule has 0 spiro atoms. The number of anilines is 1. The van der Waals surface area contributed by atoms with Crippen LogP contribution in [0.25, 0.3) is 16.6 Å². The molecule has 4 aromatic rings. The predicted octanol–water partition coefficient (Wildman–Crippen LogP) is 8.83. The fourth-order valence-electron chi connectivity index (χ4n) is 3.87. The highest BCUT2D eigenvalue weighted by atomic mass is 19.4. The zero-order chi connectivity index (χ0) is 29.6. The summed E-state index contributed by atoms with van der Waals surface area (Å²) < 4.78 is 42.6. The van der Waals surface area contributed by atoms with Crippen molar-refractivity contribution in [2.75, 3.05) is 11.9 Å². The number of alkyl halides is 3. The number of terminal acetylenes is 1. The van der Waals surface area contributed by atoms with Gasteiger partial charge >= 0.3 is 6.18 Å². The van der Waals surface area contributed by atoms with E-state index in [1.54, 1.807) is 6.07 Å². The quantitative estimate of drug-likeness (QED) is 0.233. The van der Waals surface area contributed by atoms with Crippen LogP contribution in [0.5, 0.6) is 0 Å². The number of carbonyl (C=O) groups is 1. The Labute approximate surface area is 237 Å². The fraction of sp³-hybridized carbons (Fsp3) is 0.273. The van der Waals surface area contributed by atoms with Crippen molar-refractivity contribution in [2.24, 2.45) is 0 Å². The third kappa shape index (κ3) is 9.46. The van der Waals surface area contributed by atoms with Gasteiger partial charge in [-0.15, -0.1) is 12.8 Å². The molecule has 4 nitrogen and oxygen atoms in total. The van der Waals surface area contributed by atoms with Crippen molar-refractivity contribution in [1.82, 2.24) is 9.55 Å². The molecule has 0 unspecified atom stereocenters. The van der Waals surface area contributed by atoms with E-state index in [1.807, 2.05) is 57.3 Å². The van der Waals surface area contributed by atoms with E-state index in [1.165, 1.54) is 23.3 Å². The van der Waals surface area contributed by atoms with E-state index < -0.39 is 11.7 Å². The fourth-order valence-corrected chi connectivity index (χ4v) is 3.87. The zero-order valence-electron chi connectivity index (χ0n) is 23.0. The number of allylic oxidation sites excluding steroid dienone is 1. The van der Waals surface area contributed by atoms with Crippen molar-refractivity contribution in [1.29, 1.82) is 0 Å². The van der Waals surface area contributed by atoms with Gasteiger partial charge in [-0.25, -0.2) is 4.98 Å². The van der Waals surface area contributed by atoms with Crippen LogP contribution in [0.1, 0.15) is 56.0 Å². The third-order valence-electron chi connectivity index (χ3n) is 5.71. The van der Waals surface area contributed by atoms with E-state index in [4.69, 9.17) is 9.78 Å². The molecule has 0 aliphatic carbocycles. The van der Waals surface area contributed by atoms with Gasteiger partial charge in [-0.1, -0.05) is 87.5 Å². The summed E-state index contributed by atoms with van der Waals surface area (Å²) in [7, 11) is 0. The lowest BCUT2D eigenvalue weighted by Gasteiger charge is -2.16. The number of benzene rings is 3. The van der Waals surface area contributed by atoms with Crippen LogP contribution in [0.4, 0.5) is 19.1 Å². The number of nitrogens with zero attached hydrogens (tertiary/aromatic N) is 2. The zero-order valence-corrected chi connectivity index (χ0v) is 23.0. The highest BCUT2D eigenvalue weighted by Crippen LogP contribution is 2.33. The van der Waals surface area contributed by atoms with E-state index in [0.717, 1.165) is 34.7 Å². The summed E-state index contributed by atoms with van der Waals surface area (Å²) in [5, 5.41) is 3.34. The van der Waals surface area contributed by atoms with Crippen LogP contribution in [0.2, 0.25) is 0 Å². The summed E-state index contributed by atoms with van der Waals surface area (Å²) in [5.41, 5.74) is 5.31. The molecule has 0 amide bonds. The molecule has 0 fully saturated rings. The Balaban J connectivity index is 0.00000204. The van der Waals surface area contributed by atoms with Crippen molar-refractivity contribution in [3.8, 4) is 12.8 Å². The molecule has 0 bridgehead atoms. The maximum atomic E-state index is 13.6. The Hall–Kier alpha value is -4.31. The first-order valence-corrected chi connectivity index (χ1v) is 12.5. The van der Waals surface area contributed by atoms with Crippen molar-refractivity contribution in [3.05, 3.63) is 101 Å². The number of nitrogens with one attached hydrogen (secondary N) is 1. The van der Waals surface area contributed by atoms with Crippen LogP contribution >= 0.6 is 0 Å². The second-order valence-corrected chi connectivity index (χ2v) is 8.32. The summed E-state index contributed by atoms with van der Waals surface area (Å²) in [6, 6.07) is 19.7. The summed E-state index contributed by atoms with van der Waals surface area (Å²) in [5.74, 6) is 0.549. The number of rotatable bonds is 7. The number of fused-ring (bicyclic) bond motifs is 1. The standard InChI is InChI=1S/C27H26F3N3.C2H6.C2H2.CH2O.CH4/c1-18(2)21-12-13-25-24(16-21)32-26(31-15-14-20-10-8-19(3)9-11-20)33(25)17-22-6-4-5-7-23(22)27(28,29)30;3*1-2;/h4-13,16H,1,14-15,17H2,2-3H3,(H,31,32);1-2H3;1-2H;1H2;1H4. The molecule has 4 rings (SSSR count). The molecular formula is C33H40F3N3O. The summed E-state index contributed by atoms with van der Waals surface area (Å²) in [6.07, 6.45) is 4.36. The second kappa shape index (κ2) is 17.3. The van der Waals surface area contributed by atoms with Gasteiger partial charge < -0.3 is 14.7 Å². The maximum absolute atomic E-state index is 13.6. The Morgan fingerprint density at radius 1 is 1.00 bits per heavy atom. The van der Waals surface area contributed by atoms with E-state index in [9.17, 15) is 13.2 Å². The molecule has 1 aromatic heterocycles. The monoisotopic (exact) mass is 551 g/mol. The van der Waals surface area contributed by atoms with Crippen LogP contribution in [0.15, 0.2) is 73.3 Å². The first-order valence-electron chi connectivity index (χ1n) is 12.5. The average Bonchev–Trinajstić information content (AvgIpc) is 3.29. The Morgan fingerprint density at radius 3 is 2.17 bits per heavy atom. The molecule has 7 heteroatoms. The van der Waals surface area contributed by atoms with Gasteiger partial charge in [-0.2, -0.15) is 13.2 Å². The number of aryl methyl sites for hydroxylation is 1. The molecule has 214 valence electrons. The summed E-state index contributed by atoms with van der Waals surface area (Å²) in [6.45, 7) is 14.6. The van der Waals surface area contributed by atoms with Gasteiger partial charge in [0.2, 0.25) is 5.95 Å². The number of carbonyl (C=O) groups excluding carboxylic acids is 1. The normalized spacial score (nSPS) is 9.93. The number of hydrogen-bond acceptors (Lipinski definition) is 3. The minimum Gasteiger partial charge on any atom is -0.355 e. The van der Waals surface area contributed by atoms with Crippen molar-refractivity contribution in [2.45, 2.75) is 54.3 Å². The van der Waals surface area contributed by atoms with Crippen LogP contribution in [-0.2, 0) is 23.9 Å². The van der Waals surface area contributed by atoms with Gasteiger partial charge in [-0.3, -0.25) is 0 Å². The Bertz CT molecular complexity index is 1350. The molecule has 0 aliphatic rings. The largest absolute Gasteiger partial charge is 0.416 e. The van der Waals surface area contributed by atoms with Crippen molar-refractivity contribution >= 4 is 29.3 Å². The van der Waals surface area contributed by atoms with E-state index in [2.05, 4.69) is 49.0 Å². The lowest BCUT2D eigenvalue weighted by molar-refractivity contribution is -0.138. The SMILES string of the molecule is C.C#C.C=C(C)c1ccc2c(c1)nc(NCCc1ccc(C)cc1)n2Cc1ccccc1C(F)(F)F.C=O.CC. The van der Waals surface area contributed by atoms with E-state index >= 15 is 0 Å². The molecule has 0 radical (unpaired) electrons. The lowest BCUT2D eigenvalue weighted by Crippen LogP contribution is -2.14. The number of imidazole rings is 1. The molecular weight excluding hydrogens is 511 g/mol. The van der Waals surface area contributed by atoms with Gasteiger partial charge in [0.1, 0.15) is 6.79 Å². The molecule has 0 atom stereocenters. The first kappa shape index (κ1) is 35.7. The Morgan fingerprint density at radius 2 is 1.60 bits per heavy atom. The summed E-state index contributed by atoms with van der Waals surface area (Å²) in [4.78, 5) is 12.7. The predicted molar refractivity (Wildman–Crippen MR) is 163 cm³/mol. The molecule has 0 saturated carbocycles. The number of halogens is 3. The third-order valence-corrected chi connectivity index (χ3v) is 5.71. The van der Waals surface area contributed by atoms with Crippen molar-refractivity contribution < 1.29 is 18.0 Å². The Kier molecular flexibility index (Phi) is 15.4. The highest BCUT2D eigenvalue weighted by Gasteiger charge is 2.33. The molecule has 1 heterocycles. The van der Waals surface area contributed by atoms with Crippen LogP contribution in [0, 0.1) is 19.8 Å². The van der Waals surface area contributed by atoms with Gasteiger partial charge in [0.05, 0.1) is 23.1 Å². The van der Waals surface area contributed by atoms with E-state index in [-0.39, 0.29) is 19.5 Å². The minimum atomic E-state index is -4.42. The average molecular weight is 552 g/mol. The molecule has 0 aliphatic heterocycles. The van der Waals surface area contributed by atoms with Gasteiger partial charge in [-0.05, 0) is 55.2 Å². The second-order valence-electron chi connectivity index (χ2n) is 8.32. The molecule has 40 heavy (non-hydrogen) atoms. The van der Waals surface area contributed by atoms with Gasteiger partial charge in [0.25, 0.3) is 0 Å². The first-order chi connectivity index (χ1) is 18.7. The number of hydrogen-bond donors (Lipinski definition) is 1. The molecule has 0 saturated heterocycles. The molecule has 1 N–H and O–H groups in total. The van der Waals surface area contributed by atoms with Crippen LogP contribution in [-0.4, -0.2) is 22.9 Å². The highest BCUT2D eigenvalue weighted by molar-refractivity contribution is 5.83. The van der Waals surface area contributed by atoms with Crippen molar-refractivity contribution in [3.63, 3.8) is 0 Å². The van der Waals surface area contributed by atoms with Gasteiger partial charge in [0.15, 0.2) is 0 Å². The lowest BCUT2D eigenvalue weighted by atomic mass is 10.1. The van der Waals surface area contributed by atoms with E-state index in [0.29, 0.717) is 12.5 Å². The maximum Gasteiger partial charge on any atom is 0.416 e. The number of aromatic nitrogens is 2. The molecule has 3 aromatic carbocycles. The smallest absolute Gasteiger partial charge is 0.355 e. The van der Waals surface area contributed by atoms with Crippen LogP contribution < -0.4 is 5.32 Å². The van der Waals surface area contributed by atoms with Crippen LogP contribution in [0.3, 0.4) is 0 Å². The topological polar surface area (TPSA) is 46.9 Å². The minimum absolute atomic E-state index is 0. The van der Waals surface area contributed by atoms with Gasteiger partial charge in [0, 0.05) is 6.54 Å². The summed E-state index contributed by atoms with van der Waals surface area (Å²) >= 11 is 0.